The van der Waals surface area contributed by atoms with E-state index in [1.165, 1.54) is 0 Å². The second-order valence-corrected chi connectivity index (χ2v) is 3.58. The summed E-state index contributed by atoms with van der Waals surface area (Å²) < 4.78 is 16.0. The molecule has 3 rings (SSSR count). The van der Waals surface area contributed by atoms with E-state index in [-0.39, 0.29) is 0 Å². The Bertz CT molecular complexity index is 675. The van der Waals surface area contributed by atoms with E-state index in [4.69, 9.17) is 13.9 Å². The smallest absolute Gasteiger partial charge is 0.292 e. The summed E-state index contributed by atoms with van der Waals surface area (Å²) in [5, 5.41) is 15.2. The molecule has 0 atom stereocenters. The molecular weight excluding hydrogens is 236 g/mol. The summed E-state index contributed by atoms with van der Waals surface area (Å²) >= 11 is 0. The number of rotatable bonds is 3. The van der Waals surface area contributed by atoms with Gasteiger partial charge in [-0.3, -0.25) is 0 Å². The van der Waals surface area contributed by atoms with Crippen LogP contribution >= 0.6 is 0 Å². The third kappa shape index (κ3) is 1.48. The topological polar surface area (TPSA) is 86.1 Å². The van der Waals surface area contributed by atoms with E-state index >= 15 is 0 Å². The quantitative estimate of drug-likeness (QED) is 0.755. The number of ether oxygens (including phenoxy) is 2. The molecule has 0 amide bonds. The summed E-state index contributed by atoms with van der Waals surface area (Å²) in [7, 11) is 3.15. The minimum atomic E-state index is 0.416. The highest BCUT2D eigenvalue weighted by molar-refractivity contribution is 5.97. The van der Waals surface area contributed by atoms with Crippen molar-refractivity contribution in [3.63, 3.8) is 0 Å². The van der Waals surface area contributed by atoms with Gasteiger partial charge in [-0.25, -0.2) is 5.10 Å². The van der Waals surface area contributed by atoms with Gasteiger partial charge in [0.1, 0.15) is 5.75 Å². The van der Waals surface area contributed by atoms with Gasteiger partial charge < -0.3 is 13.9 Å². The lowest BCUT2D eigenvalue weighted by molar-refractivity contribution is 0.313. The SMILES string of the molecule is COc1ccc2c(OC)oc(-c3nnn[nH]3)c2c1. The summed E-state index contributed by atoms with van der Waals surface area (Å²) in [6.07, 6.45) is 0. The lowest BCUT2D eigenvalue weighted by Crippen LogP contribution is -1.83. The number of fused-ring (bicyclic) bond motifs is 1. The van der Waals surface area contributed by atoms with Crippen LogP contribution in [0.15, 0.2) is 22.6 Å². The van der Waals surface area contributed by atoms with Gasteiger partial charge in [-0.2, -0.15) is 0 Å². The molecule has 7 heteroatoms. The van der Waals surface area contributed by atoms with Crippen molar-refractivity contribution in [1.29, 1.82) is 0 Å². The molecule has 1 aromatic carbocycles. The molecule has 0 aliphatic heterocycles. The number of hydrogen-bond acceptors (Lipinski definition) is 6. The van der Waals surface area contributed by atoms with Crippen LogP contribution in [0.5, 0.6) is 11.7 Å². The van der Waals surface area contributed by atoms with E-state index in [1.807, 2.05) is 18.2 Å². The normalized spacial score (nSPS) is 10.8. The number of nitrogens with zero attached hydrogens (tertiary/aromatic N) is 3. The molecule has 0 spiro atoms. The summed E-state index contributed by atoms with van der Waals surface area (Å²) in [5.41, 5.74) is 0. The average molecular weight is 246 g/mol. The molecule has 92 valence electrons. The van der Waals surface area contributed by atoms with E-state index in [9.17, 15) is 0 Å². The Morgan fingerprint density at radius 1 is 1.17 bits per heavy atom. The lowest BCUT2D eigenvalue weighted by Gasteiger charge is -1.99. The van der Waals surface area contributed by atoms with Crippen molar-refractivity contribution in [2.45, 2.75) is 0 Å². The fourth-order valence-electron chi connectivity index (χ4n) is 1.80. The molecule has 0 saturated heterocycles. The second kappa shape index (κ2) is 4.02. The van der Waals surface area contributed by atoms with Gasteiger partial charge in [0.15, 0.2) is 5.76 Å². The number of H-pyrrole nitrogens is 1. The number of benzene rings is 1. The molecule has 3 aromatic rings. The molecule has 0 unspecified atom stereocenters. The van der Waals surface area contributed by atoms with E-state index in [2.05, 4.69) is 20.6 Å². The molecule has 0 aliphatic carbocycles. The zero-order chi connectivity index (χ0) is 12.5. The summed E-state index contributed by atoms with van der Waals surface area (Å²) in [5.74, 6) is 2.10. The third-order valence-corrected chi connectivity index (χ3v) is 2.63. The monoisotopic (exact) mass is 246 g/mol. The lowest BCUT2D eigenvalue weighted by atomic mass is 10.1. The molecule has 18 heavy (non-hydrogen) atoms. The predicted octanol–water partition coefficient (Wildman–Crippen LogP) is 1.63. The van der Waals surface area contributed by atoms with Gasteiger partial charge >= 0.3 is 0 Å². The molecule has 1 N–H and O–H groups in total. The molecule has 0 aliphatic rings. The number of methoxy groups -OCH3 is 2. The third-order valence-electron chi connectivity index (χ3n) is 2.63. The predicted molar refractivity (Wildman–Crippen MR) is 62.5 cm³/mol. The highest BCUT2D eigenvalue weighted by atomic mass is 16.6. The van der Waals surface area contributed by atoms with Crippen molar-refractivity contribution < 1.29 is 13.9 Å². The van der Waals surface area contributed by atoms with Crippen LogP contribution in [-0.2, 0) is 0 Å². The van der Waals surface area contributed by atoms with Crippen LogP contribution in [0.2, 0.25) is 0 Å². The van der Waals surface area contributed by atoms with Crippen LogP contribution in [0.3, 0.4) is 0 Å². The fourth-order valence-corrected chi connectivity index (χ4v) is 1.80. The van der Waals surface area contributed by atoms with Crippen LogP contribution in [0.25, 0.3) is 22.4 Å². The summed E-state index contributed by atoms with van der Waals surface area (Å²) in [6, 6.07) is 5.55. The zero-order valence-corrected chi connectivity index (χ0v) is 9.80. The number of tetrazole rings is 1. The maximum atomic E-state index is 5.61. The van der Waals surface area contributed by atoms with Crippen LogP contribution in [0.4, 0.5) is 0 Å². The van der Waals surface area contributed by atoms with Crippen molar-refractivity contribution >= 4 is 10.8 Å². The average Bonchev–Trinajstić information content (AvgIpc) is 3.04. The number of furan rings is 1. The molecular formula is C11H10N4O3. The maximum Gasteiger partial charge on any atom is 0.292 e. The fraction of sp³-hybridized carbons (Fsp3) is 0.182. The Morgan fingerprint density at radius 3 is 2.72 bits per heavy atom. The first-order valence-electron chi connectivity index (χ1n) is 5.22. The van der Waals surface area contributed by atoms with Crippen molar-refractivity contribution in [2.75, 3.05) is 14.2 Å². The molecule has 7 nitrogen and oxygen atoms in total. The van der Waals surface area contributed by atoms with E-state index < -0.39 is 0 Å². The van der Waals surface area contributed by atoms with Crippen molar-refractivity contribution in [3.8, 4) is 23.3 Å². The van der Waals surface area contributed by atoms with Gasteiger partial charge in [0, 0.05) is 5.39 Å². The van der Waals surface area contributed by atoms with Crippen LogP contribution in [0, 0.1) is 0 Å². The zero-order valence-electron chi connectivity index (χ0n) is 9.80. The van der Waals surface area contributed by atoms with E-state index in [1.54, 1.807) is 14.2 Å². The van der Waals surface area contributed by atoms with Crippen LogP contribution in [0.1, 0.15) is 0 Å². The Balaban J connectivity index is 2.30. The van der Waals surface area contributed by atoms with Crippen molar-refractivity contribution in [2.24, 2.45) is 0 Å². The standard InChI is InChI=1S/C11H10N4O3/c1-16-6-3-4-7-8(5-6)9(18-11(7)17-2)10-12-14-15-13-10/h3-5H,1-2H3,(H,12,13,14,15). The maximum absolute atomic E-state index is 5.61. The number of aromatic amines is 1. The Labute approximate surface area is 102 Å². The summed E-state index contributed by atoms with van der Waals surface area (Å²) in [6.45, 7) is 0. The van der Waals surface area contributed by atoms with Gasteiger partial charge in [-0.15, -0.1) is 5.10 Å². The minimum absolute atomic E-state index is 0.416. The molecule has 0 saturated carbocycles. The largest absolute Gasteiger partial charge is 0.497 e. The van der Waals surface area contributed by atoms with E-state index in [0.717, 1.165) is 16.5 Å². The molecule has 0 bridgehead atoms. The second-order valence-electron chi connectivity index (χ2n) is 3.58. The molecule has 0 radical (unpaired) electrons. The number of nitrogens with one attached hydrogen (secondary N) is 1. The molecule has 2 heterocycles. The Morgan fingerprint density at radius 2 is 2.06 bits per heavy atom. The van der Waals surface area contributed by atoms with Gasteiger partial charge in [-0.05, 0) is 28.6 Å². The first-order chi connectivity index (χ1) is 8.83. The Hall–Kier alpha value is -2.57. The first kappa shape index (κ1) is 10.6. The van der Waals surface area contributed by atoms with Gasteiger partial charge in [0.05, 0.1) is 19.6 Å². The highest BCUT2D eigenvalue weighted by Crippen LogP contribution is 2.38. The Kier molecular flexibility index (Phi) is 2.36. The first-order valence-corrected chi connectivity index (χ1v) is 5.22. The minimum Gasteiger partial charge on any atom is -0.497 e. The van der Waals surface area contributed by atoms with Gasteiger partial charge in [0.2, 0.25) is 5.82 Å². The van der Waals surface area contributed by atoms with Crippen LogP contribution in [-0.4, -0.2) is 34.8 Å². The highest BCUT2D eigenvalue weighted by Gasteiger charge is 2.18. The molecule has 2 aromatic heterocycles. The van der Waals surface area contributed by atoms with Crippen molar-refractivity contribution in [3.05, 3.63) is 18.2 Å². The molecule has 0 fully saturated rings. The number of hydrogen-bond donors (Lipinski definition) is 1. The van der Waals surface area contributed by atoms with Gasteiger partial charge in [-0.1, -0.05) is 0 Å². The van der Waals surface area contributed by atoms with Crippen LogP contribution < -0.4 is 9.47 Å². The summed E-state index contributed by atoms with van der Waals surface area (Å²) in [4.78, 5) is 0. The van der Waals surface area contributed by atoms with E-state index in [0.29, 0.717) is 17.5 Å². The van der Waals surface area contributed by atoms with Crippen molar-refractivity contribution in [1.82, 2.24) is 20.6 Å². The van der Waals surface area contributed by atoms with Gasteiger partial charge in [0.25, 0.3) is 5.95 Å². The number of aromatic nitrogens is 4.